The summed E-state index contributed by atoms with van der Waals surface area (Å²) >= 11 is 0. The van der Waals surface area contributed by atoms with Crippen LogP contribution < -0.4 is 10.6 Å². The van der Waals surface area contributed by atoms with E-state index >= 15 is 0 Å². The summed E-state index contributed by atoms with van der Waals surface area (Å²) in [6, 6.07) is 1.85. The van der Waals surface area contributed by atoms with Gasteiger partial charge < -0.3 is 15.2 Å². The summed E-state index contributed by atoms with van der Waals surface area (Å²) in [6.45, 7) is 7.23. The van der Waals surface area contributed by atoms with E-state index in [2.05, 4.69) is 25.6 Å². The summed E-state index contributed by atoms with van der Waals surface area (Å²) in [6.07, 6.45) is 2.22. The van der Waals surface area contributed by atoms with Crippen molar-refractivity contribution in [2.45, 2.75) is 38.8 Å². The summed E-state index contributed by atoms with van der Waals surface area (Å²) in [7, 11) is 0. The molecule has 2 N–H and O–H groups in total. The van der Waals surface area contributed by atoms with Gasteiger partial charge in [-0.15, -0.1) is 0 Å². The molecule has 8 heteroatoms. The Labute approximate surface area is 141 Å². The molecule has 1 atom stereocenters. The second-order valence-corrected chi connectivity index (χ2v) is 6.64. The van der Waals surface area contributed by atoms with E-state index in [1.165, 1.54) is 0 Å². The lowest BCUT2D eigenvalue weighted by Gasteiger charge is -2.37. The lowest BCUT2D eigenvalue weighted by Crippen LogP contribution is -2.54. The van der Waals surface area contributed by atoms with Crippen LogP contribution in [0, 0.1) is 6.92 Å². The average molecular weight is 335 g/mol. The number of aryl methyl sites for hydroxylation is 1. The molecule has 132 valence electrons. The number of carbonyl (C=O) groups excluding carboxylic acids is 2. The molecule has 2 amide bonds. The number of hydrogen-bond acceptors (Lipinski definition) is 6. The molecule has 1 saturated carbocycles. The summed E-state index contributed by atoms with van der Waals surface area (Å²) in [5.74, 6) is 1.12. The third kappa shape index (κ3) is 4.55. The quantitative estimate of drug-likeness (QED) is 0.772. The first-order valence-electron chi connectivity index (χ1n) is 8.51. The Morgan fingerprint density at radius 3 is 2.62 bits per heavy atom. The fourth-order valence-corrected chi connectivity index (χ4v) is 2.83. The zero-order valence-electron chi connectivity index (χ0n) is 14.2. The van der Waals surface area contributed by atoms with Crippen LogP contribution in [0.4, 0.5) is 5.82 Å². The Kier molecular flexibility index (Phi) is 5.15. The normalized spacial score (nSPS) is 20.6. The molecular formula is C16H25N5O3. The topological polar surface area (TPSA) is 90.7 Å². The maximum Gasteiger partial charge on any atom is 0.242 e. The molecule has 1 aromatic heterocycles. The van der Waals surface area contributed by atoms with Crippen molar-refractivity contribution in [2.75, 3.05) is 38.0 Å². The number of nitrogens with one attached hydrogen (secondary N) is 2. The van der Waals surface area contributed by atoms with Gasteiger partial charge in [-0.05, 0) is 26.7 Å². The molecule has 1 aliphatic heterocycles. The van der Waals surface area contributed by atoms with Crippen LogP contribution in [-0.4, -0.2) is 71.6 Å². The first kappa shape index (κ1) is 16.9. The van der Waals surface area contributed by atoms with Gasteiger partial charge in [0.1, 0.15) is 5.76 Å². The van der Waals surface area contributed by atoms with E-state index in [0.717, 1.165) is 39.0 Å². The summed E-state index contributed by atoms with van der Waals surface area (Å²) in [5.41, 5.74) is 0. The third-order valence-corrected chi connectivity index (χ3v) is 4.52. The van der Waals surface area contributed by atoms with Crippen molar-refractivity contribution in [3.63, 3.8) is 0 Å². The average Bonchev–Trinajstić information content (AvgIpc) is 3.27. The molecule has 1 saturated heterocycles. The lowest BCUT2D eigenvalue weighted by molar-refractivity contribution is -0.124. The highest BCUT2D eigenvalue weighted by molar-refractivity contribution is 5.93. The Balaban J connectivity index is 1.41. The standard InChI is InChI=1S/C16H25N5O3/c1-11-9-14(19-24-11)18-16(23)12(2)21-7-5-20(6-8-21)10-15(22)17-13-3-4-13/h9,12-13H,3-8,10H2,1-2H3,(H,17,22)(H,18,19,23)/t12-/m1/s1. The molecule has 0 aromatic carbocycles. The Morgan fingerprint density at radius 1 is 1.33 bits per heavy atom. The Bertz CT molecular complexity index is 590. The van der Waals surface area contributed by atoms with Crippen molar-refractivity contribution >= 4 is 17.6 Å². The highest BCUT2D eigenvalue weighted by Crippen LogP contribution is 2.18. The largest absolute Gasteiger partial charge is 0.360 e. The van der Waals surface area contributed by atoms with E-state index < -0.39 is 0 Å². The van der Waals surface area contributed by atoms with Crippen LogP contribution in [0.1, 0.15) is 25.5 Å². The maximum absolute atomic E-state index is 12.3. The van der Waals surface area contributed by atoms with Crippen molar-refractivity contribution in [3.8, 4) is 0 Å². The van der Waals surface area contributed by atoms with E-state index in [1.807, 2.05) is 6.92 Å². The van der Waals surface area contributed by atoms with Crippen molar-refractivity contribution < 1.29 is 14.1 Å². The van der Waals surface area contributed by atoms with Gasteiger partial charge in [0.2, 0.25) is 11.8 Å². The van der Waals surface area contributed by atoms with Gasteiger partial charge >= 0.3 is 0 Å². The highest BCUT2D eigenvalue weighted by atomic mass is 16.5. The zero-order valence-corrected chi connectivity index (χ0v) is 14.2. The van der Waals surface area contributed by atoms with Crippen LogP contribution in [0.2, 0.25) is 0 Å². The van der Waals surface area contributed by atoms with Crippen LogP contribution in [0.25, 0.3) is 0 Å². The molecule has 1 aliphatic carbocycles. The molecule has 2 aliphatic rings. The number of piperazine rings is 1. The van der Waals surface area contributed by atoms with Crippen molar-refractivity contribution in [2.24, 2.45) is 0 Å². The van der Waals surface area contributed by atoms with Gasteiger partial charge in [-0.3, -0.25) is 19.4 Å². The van der Waals surface area contributed by atoms with Crippen LogP contribution in [0.3, 0.4) is 0 Å². The minimum absolute atomic E-state index is 0.0942. The molecule has 0 unspecified atom stereocenters. The molecule has 2 heterocycles. The summed E-state index contributed by atoms with van der Waals surface area (Å²) < 4.78 is 4.95. The predicted molar refractivity (Wildman–Crippen MR) is 88.5 cm³/mol. The van der Waals surface area contributed by atoms with E-state index in [-0.39, 0.29) is 17.9 Å². The zero-order chi connectivity index (χ0) is 17.1. The van der Waals surface area contributed by atoms with Gasteiger partial charge in [0.15, 0.2) is 5.82 Å². The molecule has 24 heavy (non-hydrogen) atoms. The van der Waals surface area contributed by atoms with Crippen LogP contribution in [-0.2, 0) is 9.59 Å². The molecule has 2 fully saturated rings. The van der Waals surface area contributed by atoms with Gasteiger partial charge in [-0.1, -0.05) is 5.16 Å². The molecule has 3 rings (SSSR count). The number of aromatic nitrogens is 1. The maximum atomic E-state index is 12.3. The molecular weight excluding hydrogens is 310 g/mol. The SMILES string of the molecule is Cc1cc(NC(=O)[C@@H](C)N2CCN(CC(=O)NC3CC3)CC2)no1. The summed E-state index contributed by atoms with van der Waals surface area (Å²) in [5, 5.41) is 9.56. The van der Waals surface area contributed by atoms with Crippen molar-refractivity contribution in [1.29, 1.82) is 0 Å². The van der Waals surface area contributed by atoms with Gasteiger partial charge in [0.05, 0.1) is 12.6 Å². The molecule has 8 nitrogen and oxygen atoms in total. The fourth-order valence-electron chi connectivity index (χ4n) is 2.83. The number of amides is 2. The monoisotopic (exact) mass is 335 g/mol. The Hall–Kier alpha value is -1.93. The fraction of sp³-hybridized carbons (Fsp3) is 0.688. The number of carbonyl (C=O) groups is 2. The molecule has 0 radical (unpaired) electrons. The van der Waals surface area contributed by atoms with Gasteiger partial charge in [-0.2, -0.15) is 0 Å². The summed E-state index contributed by atoms with van der Waals surface area (Å²) in [4.78, 5) is 28.4. The first-order chi connectivity index (χ1) is 11.5. The van der Waals surface area contributed by atoms with E-state index in [4.69, 9.17) is 4.52 Å². The molecule has 1 aromatic rings. The molecule has 0 bridgehead atoms. The van der Waals surface area contributed by atoms with Crippen molar-refractivity contribution in [1.82, 2.24) is 20.3 Å². The second kappa shape index (κ2) is 7.31. The molecule has 0 spiro atoms. The van der Waals surface area contributed by atoms with Crippen LogP contribution >= 0.6 is 0 Å². The second-order valence-electron chi connectivity index (χ2n) is 6.64. The smallest absolute Gasteiger partial charge is 0.242 e. The van der Waals surface area contributed by atoms with E-state index in [0.29, 0.717) is 24.2 Å². The Morgan fingerprint density at radius 2 is 2.04 bits per heavy atom. The van der Waals surface area contributed by atoms with Gasteiger partial charge in [-0.25, -0.2) is 0 Å². The number of hydrogen-bond donors (Lipinski definition) is 2. The van der Waals surface area contributed by atoms with Gasteiger partial charge in [0, 0.05) is 38.3 Å². The van der Waals surface area contributed by atoms with Crippen LogP contribution in [0.15, 0.2) is 10.6 Å². The highest BCUT2D eigenvalue weighted by Gasteiger charge is 2.28. The first-order valence-corrected chi connectivity index (χ1v) is 8.51. The predicted octanol–water partition coefficient (Wildman–Crippen LogP) is 0.206. The lowest BCUT2D eigenvalue weighted by atomic mass is 10.2. The third-order valence-electron chi connectivity index (χ3n) is 4.52. The number of rotatable bonds is 6. The number of nitrogens with zero attached hydrogens (tertiary/aromatic N) is 3. The number of anilines is 1. The van der Waals surface area contributed by atoms with E-state index in [1.54, 1.807) is 13.0 Å². The van der Waals surface area contributed by atoms with Crippen molar-refractivity contribution in [3.05, 3.63) is 11.8 Å². The van der Waals surface area contributed by atoms with Gasteiger partial charge in [0.25, 0.3) is 0 Å². The minimum Gasteiger partial charge on any atom is -0.360 e. The minimum atomic E-state index is -0.246. The van der Waals surface area contributed by atoms with E-state index in [9.17, 15) is 9.59 Å². The van der Waals surface area contributed by atoms with Crippen LogP contribution in [0.5, 0.6) is 0 Å².